The Balaban J connectivity index is 1.36. The van der Waals surface area contributed by atoms with Crippen LogP contribution in [0.25, 0.3) is 10.6 Å². The summed E-state index contributed by atoms with van der Waals surface area (Å²) in [5.74, 6) is -0.152. The van der Waals surface area contributed by atoms with Gasteiger partial charge in [-0.05, 0) is 34.7 Å². The van der Waals surface area contributed by atoms with Crippen molar-refractivity contribution in [1.82, 2.24) is 14.7 Å². The van der Waals surface area contributed by atoms with Gasteiger partial charge in [-0.15, -0.1) is 11.3 Å². The number of ether oxygens (including phenoxy) is 1. The van der Waals surface area contributed by atoms with Crippen LogP contribution in [0.2, 0.25) is 0 Å². The van der Waals surface area contributed by atoms with Crippen molar-refractivity contribution < 1.29 is 9.53 Å². The SMILES string of the molecule is O=C(Nc1cccc(CN2CCOCC2)c1)c1cn(Cc2ccccc2)nc1-c1cccs1. The number of thiophene rings is 1. The Morgan fingerprint density at radius 1 is 0.970 bits per heavy atom. The Kier molecular flexibility index (Phi) is 6.62. The first kappa shape index (κ1) is 21.6. The second kappa shape index (κ2) is 10.1. The van der Waals surface area contributed by atoms with Crippen LogP contribution < -0.4 is 5.32 Å². The lowest BCUT2D eigenvalue weighted by Crippen LogP contribution is -2.35. The standard InChI is InChI=1S/C26H26N4O2S/c31-26(27-22-9-4-8-21(16-22)17-29-11-13-32-14-12-29)23-19-30(18-20-6-2-1-3-7-20)28-25(23)24-10-5-15-33-24/h1-10,15-16,19H,11-14,17-18H2,(H,27,31). The first-order valence-electron chi connectivity index (χ1n) is 11.1. The second-order valence-electron chi connectivity index (χ2n) is 8.09. The van der Waals surface area contributed by atoms with E-state index >= 15 is 0 Å². The number of carbonyl (C=O) groups excluding carboxylic acids is 1. The van der Waals surface area contributed by atoms with Gasteiger partial charge in [-0.3, -0.25) is 14.4 Å². The number of nitrogens with one attached hydrogen (secondary N) is 1. The molecule has 1 saturated heterocycles. The molecule has 6 nitrogen and oxygen atoms in total. The molecule has 0 radical (unpaired) electrons. The Morgan fingerprint density at radius 2 is 1.79 bits per heavy atom. The molecule has 4 aromatic rings. The minimum absolute atomic E-state index is 0.152. The first-order valence-corrected chi connectivity index (χ1v) is 12.0. The lowest BCUT2D eigenvalue weighted by Gasteiger charge is -2.26. The van der Waals surface area contributed by atoms with Crippen molar-refractivity contribution >= 4 is 22.9 Å². The second-order valence-corrected chi connectivity index (χ2v) is 9.04. The summed E-state index contributed by atoms with van der Waals surface area (Å²) in [6, 6.07) is 22.2. The minimum Gasteiger partial charge on any atom is -0.379 e. The third-order valence-electron chi connectivity index (χ3n) is 5.64. The summed E-state index contributed by atoms with van der Waals surface area (Å²) in [6.45, 7) is 4.87. The number of benzene rings is 2. The average Bonchev–Trinajstić information content (AvgIpc) is 3.51. The molecule has 3 heterocycles. The van der Waals surface area contributed by atoms with Gasteiger partial charge in [0.1, 0.15) is 5.69 Å². The molecule has 0 atom stereocenters. The number of morpholine rings is 1. The zero-order valence-electron chi connectivity index (χ0n) is 18.3. The fourth-order valence-corrected chi connectivity index (χ4v) is 4.72. The van der Waals surface area contributed by atoms with Crippen molar-refractivity contribution in [2.75, 3.05) is 31.6 Å². The largest absolute Gasteiger partial charge is 0.379 e. The number of anilines is 1. The number of amides is 1. The highest BCUT2D eigenvalue weighted by molar-refractivity contribution is 7.13. The molecule has 0 aliphatic carbocycles. The molecule has 5 rings (SSSR count). The van der Waals surface area contributed by atoms with Crippen LogP contribution in [0.4, 0.5) is 5.69 Å². The predicted molar refractivity (Wildman–Crippen MR) is 132 cm³/mol. The molecule has 0 spiro atoms. The van der Waals surface area contributed by atoms with Crippen LogP contribution in [0.3, 0.4) is 0 Å². The van der Waals surface area contributed by atoms with E-state index in [0.717, 1.165) is 49.0 Å². The van der Waals surface area contributed by atoms with Crippen molar-refractivity contribution in [3.05, 3.63) is 95.0 Å². The molecule has 1 fully saturated rings. The predicted octanol–water partition coefficient (Wildman–Crippen LogP) is 4.74. The highest BCUT2D eigenvalue weighted by Crippen LogP contribution is 2.28. The van der Waals surface area contributed by atoms with Crippen LogP contribution in [0.1, 0.15) is 21.5 Å². The van der Waals surface area contributed by atoms with Gasteiger partial charge in [-0.1, -0.05) is 48.5 Å². The average molecular weight is 459 g/mol. The van der Waals surface area contributed by atoms with E-state index in [1.807, 2.05) is 64.8 Å². The highest BCUT2D eigenvalue weighted by atomic mass is 32.1. The van der Waals surface area contributed by atoms with E-state index in [9.17, 15) is 4.79 Å². The van der Waals surface area contributed by atoms with E-state index in [2.05, 4.69) is 28.4 Å². The van der Waals surface area contributed by atoms with Crippen LogP contribution in [-0.2, 0) is 17.8 Å². The Bertz CT molecular complexity index is 1200. The monoisotopic (exact) mass is 458 g/mol. The Labute approximate surface area is 197 Å². The van der Waals surface area contributed by atoms with Gasteiger partial charge < -0.3 is 10.1 Å². The summed E-state index contributed by atoms with van der Waals surface area (Å²) in [5.41, 5.74) is 4.39. The maximum Gasteiger partial charge on any atom is 0.259 e. The van der Waals surface area contributed by atoms with E-state index < -0.39 is 0 Å². The molecule has 1 aliphatic rings. The summed E-state index contributed by atoms with van der Waals surface area (Å²) in [4.78, 5) is 16.7. The number of aromatic nitrogens is 2. The molecule has 2 aromatic heterocycles. The maximum absolute atomic E-state index is 13.3. The lowest BCUT2D eigenvalue weighted by molar-refractivity contribution is 0.0342. The highest BCUT2D eigenvalue weighted by Gasteiger charge is 2.19. The third-order valence-corrected chi connectivity index (χ3v) is 6.52. The van der Waals surface area contributed by atoms with E-state index in [4.69, 9.17) is 9.84 Å². The summed E-state index contributed by atoms with van der Waals surface area (Å²) in [5, 5.41) is 9.84. The van der Waals surface area contributed by atoms with E-state index in [1.54, 1.807) is 11.3 Å². The van der Waals surface area contributed by atoms with Crippen LogP contribution >= 0.6 is 11.3 Å². The Hall–Kier alpha value is -3.26. The quantitative estimate of drug-likeness (QED) is 0.434. The minimum atomic E-state index is -0.152. The molecule has 33 heavy (non-hydrogen) atoms. The molecule has 168 valence electrons. The van der Waals surface area contributed by atoms with E-state index in [0.29, 0.717) is 17.8 Å². The van der Waals surface area contributed by atoms with Gasteiger partial charge >= 0.3 is 0 Å². The molecule has 0 unspecified atom stereocenters. The van der Waals surface area contributed by atoms with Gasteiger partial charge in [-0.25, -0.2) is 0 Å². The number of hydrogen-bond donors (Lipinski definition) is 1. The summed E-state index contributed by atoms with van der Waals surface area (Å²) in [6.07, 6.45) is 1.84. The number of carbonyl (C=O) groups is 1. The molecule has 7 heteroatoms. The number of rotatable bonds is 7. The number of nitrogens with zero attached hydrogens (tertiary/aromatic N) is 3. The van der Waals surface area contributed by atoms with Gasteiger partial charge in [0, 0.05) is 31.5 Å². The fourth-order valence-electron chi connectivity index (χ4n) is 4.00. The molecule has 0 bridgehead atoms. The van der Waals surface area contributed by atoms with Crippen molar-refractivity contribution in [1.29, 1.82) is 0 Å². The third kappa shape index (κ3) is 5.39. The van der Waals surface area contributed by atoms with Crippen molar-refractivity contribution in [3.63, 3.8) is 0 Å². The van der Waals surface area contributed by atoms with Crippen LogP contribution in [-0.4, -0.2) is 46.9 Å². The van der Waals surface area contributed by atoms with Crippen molar-refractivity contribution in [2.45, 2.75) is 13.1 Å². The van der Waals surface area contributed by atoms with Gasteiger partial charge in [0.25, 0.3) is 5.91 Å². The molecule has 0 saturated carbocycles. The summed E-state index contributed by atoms with van der Waals surface area (Å²) >= 11 is 1.58. The van der Waals surface area contributed by atoms with E-state index in [-0.39, 0.29) is 5.91 Å². The van der Waals surface area contributed by atoms with Crippen molar-refractivity contribution in [3.8, 4) is 10.6 Å². The van der Waals surface area contributed by atoms with Crippen LogP contribution in [0.15, 0.2) is 78.3 Å². The van der Waals surface area contributed by atoms with Gasteiger partial charge in [-0.2, -0.15) is 5.10 Å². The van der Waals surface area contributed by atoms with Gasteiger partial charge in [0.2, 0.25) is 0 Å². The van der Waals surface area contributed by atoms with Gasteiger partial charge in [0.05, 0.1) is 30.2 Å². The summed E-state index contributed by atoms with van der Waals surface area (Å²) in [7, 11) is 0. The fraction of sp³-hybridized carbons (Fsp3) is 0.231. The van der Waals surface area contributed by atoms with Gasteiger partial charge in [0.15, 0.2) is 0 Å². The van der Waals surface area contributed by atoms with Crippen LogP contribution in [0, 0.1) is 0 Å². The molecule has 2 aromatic carbocycles. The molecular formula is C26H26N4O2S. The zero-order chi connectivity index (χ0) is 22.5. The Morgan fingerprint density at radius 3 is 2.58 bits per heavy atom. The zero-order valence-corrected chi connectivity index (χ0v) is 19.1. The normalized spacial score (nSPS) is 14.3. The summed E-state index contributed by atoms with van der Waals surface area (Å²) < 4.78 is 7.28. The smallest absolute Gasteiger partial charge is 0.259 e. The maximum atomic E-state index is 13.3. The van der Waals surface area contributed by atoms with Crippen molar-refractivity contribution in [2.24, 2.45) is 0 Å². The molecule has 1 amide bonds. The van der Waals surface area contributed by atoms with E-state index in [1.165, 1.54) is 5.56 Å². The molecule has 1 aliphatic heterocycles. The lowest BCUT2D eigenvalue weighted by atomic mass is 10.1. The first-order chi connectivity index (χ1) is 16.2. The molecular weight excluding hydrogens is 432 g/mol. The van der Waals surface area contributed by atoms with Crippen LogP contribution in [0.5, 0.6) is 0 Å². The number of hydrogen-bond acceptors (Lipinski definition) is 5. The molecule has 1 N–H and O–H groups in total. The topological polar surface area (TPSA) is 59.4 Å².